The number of nitrogens with zero attached hydrogens (tertiary/aromatic N) is 1. The highest BCUT2D eigenvalue weighted by Gasteiger charge is 2.11. The summed E-state index contributed by atoms with van der Waals surface area (Å²) in [5.74, 6) is 5.07. The van der Waals surface area contributed by atoms with Gasteiger partial charge in [-0.25, -0.2) is 0 Å². The molecular formula is C20H21N5O2. The lowest BCUT2D eigenvalue weighted by Crippen LogP contribution is -2.13. The van der Waals surface area contributed by atoms with Crippen LogP contribution in [0.15, 0.2) is 47.7 Å². The summed E-state index contributed by atoms with van der Waals surface area (Å²) in [5.41, 5.74) is 10.3. The zero-order valence-electron chi connectivity index (χ0n) is 14.7. The molecule has 138 valence electrons. The first-order valence-corrected chi connectivity index (χ1v) is 8.56. The van der Waals surface area contributed by atoms with Crippen LogP contribution < -0.4 is 16.9 Å². The molecule has 0 fully saturated rings. The molecule has 7 heteroatoms. The fourth-order valence-electron chi connectivity index (χ4n) is 3.15. The third kappa shape index (κ3) is 4.04. The van der Waals surface area contributed by atoms with Crippen LogP contribution in [-0.4, -0.2) is 23.4 Å². The van der Waals surface area contributed by atoms with E-state index in [1.807, 2.05) is 24.3 Å². The van der Waals surface area contributed by atoms with Gasteiger partial charge in [-0.15, -0.1) is 0 Å². The van der Waals surface area contributed by atoms with Crippen molar-refractivity contribution >= 4 is 35.0 Å². The van der Waals surface area contributed by atoms with E-state index in [9.17, 15) is 9.59 Å². The first-order chi connectivity index (χ1) is 13.2. The smallest absolute Gasteiger partial charge is 0.224 e. The molecule has 7 nitrogen and oxygen atoms in total. The van der Waals surface area contributed by atoms with Gasteiger partial charge in [0.15, 0.2) is 6.29 Å². The summed E-state index contributed by atoms with van der Waals surface area (Å²) in [6.07, 6.45) is 4.85. The highest BCUT2D eigenvalue weighted by Crippen LogP contribution is 2.25. The Morgan fingerprint density at radius 3 is 2.67 bits per heavy atom. The number of aldehydes is 1. The second-order valence-corrected chi connectivity index (χ2v) is 6.15. The number of aromatic nitrogens is 1. The highest BCUT2D eigenvalue weighted by atomic mass is 16.1. The fourth-order valence-corrected chi connectivity index (χ4v) is 3.15. The van der Waals surface area contributed by atoms with E-state index in [2.05, 4.69) is 15.4 Å². The maximum absolute atomic E-state index is 12.4. The molecule has 0 bridgehead atoms. The average molecular weight is 363 g/mol. The zero-order chi connectivity index (χ0) is 19.2. The Balaban J connectivity index is 1.76. The molecule has 0 aliphatic heterocycles. The van der Waals surface area contributed by atoms with Crippen LogP contribution in [-0.2, 0) is 17.8 Å². The van der Waals surface area contributed by atoms with E-state index >= 15 is 0 Å². The van der Waals surface area contributed by atoms with E-state index in [1.54, 1.807) is 18.3 Å². The number of carbonyl (C=O) groups is 2. The van der Waals surface area contributed by atoms with E-state index in [0.29, 0.717) is 41.6 Å². The molecule has 1 amide bonds. The van der Waals surface area contributed by atoms with Crippen molar-refractivity contribution in [1.82, 2.24) is 4.98 Å². The van der Waals surface area contributed by atoms with Crippen molar-refractivity contribution in [1.29, 1.82) is 0 Å². The number of H-pyrrole nitrogens is 1. The predicted octanol–water partition coefficient (Wildman–Crippen LogP) is 2.30. The minimum Gasteiger partial charge on any atom is -0.360 e. The Labute approximate surface area is 156 Å². The zero-order valence-corrected chi connectivity index (χ0v) is 14.7. The highest BCUT2D eigenvalue weighted by molar-refractivity contribution is 6.09. The summed E-state index contributed by atoms with van der Waals surface area (Å²) in [6, 6.07) is 11.2. The number of benzene rings is 2. The number of hydrogen-bond acceptors (Lipinski definition) is 5. The summed E-state index contributed by atoms with van der Waals surface area (Å²) < 4.78 is 0. The Kier molecular flexibility index (Phi) is 5.63. The molecule has 0 saturated carbocycles. The first kappa shape index (κ1) is 18.3. The van der Waals surface area contributed by atoms with Crippen LogP contribution in [0.1, 0.15) is 33.5 Å². The molecule has 0 aliphatic rings. The molecular weight excluding hydrogens is 342 g/mol. The van der Waals surface area contributed by atoms with Crippen molar-refractivity contribution in [2.24, 2.45) is 16.7 Å². The van der Waals surface area contributed by atoms with Crippen LogP contribution in [0.5, 0.6) is 0 Å². The van der Waals surface area contributed by atoms with Gasteiger partial charge in [0.05, 0.1) is 6.21 Å². The Morgan fingerprint density at radius 2 is 1.96 bits per heavy atom. The van der Waals surface area contributed by atoms with Gasteiger partial charge in [0.25, 0.3) is 0 Å². The number of nitrogens with two attached hydrogens (primary N) is 2. The van der Waals surface area contributed by atoms with Crippen LogP contribution in [0.2, 0.25) is 0 Å². The number of hydrogen-bond donors (Lipinski definition) is 4. The number of fused-ring (bicyclic) bond motifs is 1. The van der Waals surface area contributed by atoms with Crippen molar-refractivity contribution in [3.8, 4) is 0 Å². The van der Waals surface area contributed by atoms with Crippen LogP contribution >= 0.6 is 0 Å². The fraction of sp³-hybridized carbons (Fsp3) is 0.150. The molecule has 2 aromatic carbocycles. The largest absolute Gasteiger partial charge is 0.360 e. The topological polar surface area (TPSA) is 126 Å². The Morgan fingerprint density at radius 1 is 1.19 bits per heavy atom. The molecule has 6 N–H and O–H groups in total. The van der Waals surface area contributed by atoms with Crippen molar-refractivity contribution in [3.63, 3.8) is 0 Å². The third-order valence-electron chi connectivity index (χ3n) is 4.42. The molecule has 0 saturated heterocycles. The van der Waals surface area contributed by atoms with Crippen molar-refractivity contribution < 1.29 is 9.59 Å². The number of amides is 1. The van der Waals surface area contributed by atoms with Gasteiger partial charge in [-0.1, -0.05) is 24.3 Å². The lowest BCUT2D eigenvalue weighted by atomic mass is 10.0. The SMILES string of the molecule is NCc1ccccc1CCC(=O)Nc1cc(C=O)c2c(/C=N\N)c[nH]c2c1. The maximum Gasteiger partial charge on any atom is 0.224 e. The molecule has 1 aromatic heterocycles. The monoisotopic (exact) mass is 363 g/mol. The second-order valence-electron chi connectivity index (χ2n) is 6.15. The third-order valence-corrected chi connectivity index (χ3v) is 4.42. The van der Waals surface area contributed by atoms with Crippen LogP contribution in [0.25, 0.3) is 10.9 Å². The molecule has 0 atom stereocenters. The quantitative estimate of drug-likeness (QED) is 0.222. The van der Waals surface area contributed by atoms with Gasteiger partial charge in [-0.2, -0.15) is 5.10 Å². The van der Waals surface area contributed by atoms with Crippen LogP contribution in [0, 0.1) is 0 Å². The van der Waals surface area contributed by atoms with E-state index in [0.717, 1.165) is 22.9 Å². The lowest BCUT2D eigenvalue weighted by molar-refractivity contribution is -0.116. The summed E-state index contributed by atoms with van der Waals surface area (Å²) in [5, 5.41) is 7.07. The number of nitrogens with one attached hydrogen (secondary N) is 2. The van der Waals surface area contributed by atoms with E-state index in [-0.39, 0.29) is 5.91 Å². The molecule has 3 aromatic rings. The summed E-state index contributed by atoms with van der Waals surface area (Å²) in [4.78, 5) is 26.9. The minimum absolute atomic E-state index is 0.131. The minimum atomic E-state index is -0.131. The summed E-state index contributed by atoms with van der Waals surface area (Å²) in [7, 11) is 0. The van der Waals surface area contributed by atoms with Gasteiger partial charge in [0, 0.05) is 46.9 Å². The van der Waals surface area contributed by atoms with Crippen molar-refractivity contribution in [2.75, 3.05) is 5.32 Å². The predicted molar refractivity (Wildman–Crippen MR) is 107 cm³/mol. The number of aryl methyl sites for hydroxylation is 1. The molecule has 3 rings (SSSR count). The van der Waals surface area contributed by atoms with Gasteiger partial charge in [-0.05, 0) is 29.7 Å². The second kappa shape index (κ2) is 8.29. The number of carbonyl (C=O) groups excluding carboxylic acids is 2. The van der Waals surface area contributed by atoms with Gasteiger partial charge >= 0.3 is 0 Å². The summed E-state index contributed by atoms with van der Waals surface area (Å²) in [6.45, 7) is 0.443. The normalized spacial score (nSPS) is 11.1. The first-order valence-electron chi connectivity index (χ1n) is 8.56. The van der Waals surface area contributed by atoms with Crippen molar-refractivity contribution in [2.45, 2.75) is 19.4 Å². The van der Waals surface area contributed by atoms with Gasteiger partial charge in [-0.3, -0.25) is 9.59 Å². The Hall–Kier alpha value is -3.45. The van der Waals surface area contributed by atoms with Crippen molar-refractivity contribution in [3.05, 3.63) is 64.8 Å². The molecule has 27 heavy (non-hydrogen) atoms. The van der Waals surface area contributed by atoms with E-state index in [4.69, 9.17) is 11.6 Å². The van der Waals surface area contributed by atoms with Gasteiger partial charge in [0.2, 0.25) is 5.91 Å². The molecule has 0 spiro atoms. The van der Waals surface area contributed by atoms with Gasteiger partial charge < -0.3 is 21.9 Å². The molecule has 0 unspecified atom stereocenters. The molecule has 0 radical (unpaired) electrons. The number of aromatic amines is 1. The average Bonchev–Trinajstić information content (AvgIpc) is 3.09. The Bertz CT molecular complexity index is 1010. The molecule has 1 heterocycles. The summed E-state index contributed by atoms with van der Waals surface area (Å²) >= 11 is 0. The maximum atomic E-state index is 12.4. The standard InChI is InChI=1S/C20H21N5O2/c21-9-14-4-2-1-3-13(14)5-6-19(27)25-17-7-15(12-26)20-16(11-24-22)10-23-18(20)8-17/h1-4,7-8,10-12,23H,5-6,9,21-22H2,(H,25,27)/b24-11-. The number of anilines is 1. The number of rotatable bonds is 7. The lowest BCUT2D eigenvalue weighted by Gasteiger charge is -2.09. The van der Waals surface area contributed by atoms with Crippen LogP contribution in [0.3, 0.4) is 0 Å². The van der Waals surface area contributed by atoms with E-state index in [1.165, 1.54) is 6.21 Å². The molecule has 0 aliphatic carbocycles. The van der Waals surface area contributed by atoms with E-state index < -0.39 is 0 Å². The van der Waals surface area contributed by atoms with Gasteiger partial charge in [0.1, 0.15) is 0 Å². The number of hydrazone groups is 1. The van der Waals surface area contributed by atoms with Crippen LogP contribution in [0.4, 0.5) is 5.69 Å².